The van der Waals surface area contributed by atoms with Gasteiger partial charge in [0.2, 0.25) is 0 Å². The zero-order chi connectivity index (χ0) is 12.2. The Labute approximate surface area is 98.3 Å². The molecule has 0 spiro atoms. The Kier molecular flexibility index (Phi) is 4.59. The van der Waals surface area contributed by atoms with Crippen molar-refractivity contribution in [2.45, 2.75) is 65.0 Å². The second kappa shape index (κ2) is 5.53. The van der Waals surface area contributed by atoms with E-state index in [-0.39, 0.29) is 6.04 Å². The summed E-state index contributed by atoms with van der Waals surface area (Å²) in [6.07, 6.45) is 5.72. The van der Waals surface area contributed by atoms with Gasteiger partial charge in [0.25, 0.3) is 0 Å². The highest BCUT2D eigenvalue weighted by Gasteiger charge is 2.28. The first-order chi connectivity index (χ1) is 7.48. The molecule has 1 fully saturated rings. The molecule has 94 valence electrons. The molecule has 0 saturated heterocycles. The Morgan fingerprint density at radius 3 is 2.50 bits per heavy atom. The van der Waals surface area contributed by atoms with Crippen molar-refractivity contribution in [3.05, 3.63) is 0 Å². The van der Waals surface area contributed by atoms with Gasteiger partial charge in [-0.1, -0.05) is 25.9 Å². The van der Waals surface area contributed by atoms with Gasteiger partial charge in [0.15, 0.2) is 5.84 Å². The van der Waals surface area contributed by atoms with Gasteiger partial charge in [0.1, 0.15) is 0 Å². The molecular formula is C12H25N3O. The lowest BCUT2D eigenvalue weighted by Crippen LogP contribution is -2.47. The first-order valence-electron chi connectivity index (χ1n) is 6.22. The number of nitrogens with zero attached hydrogens (tertiary/aromatic N) is 1. The van der Waals surface area contributed by atoms with Crippen molar-refractivity contribution in [1.29, 1.82) is 0 Å². The molecule has 0 amide bonds. The fraction of sp³-hybridized carbons (Fsp3) is 0.917. The predicted molar refractivity (Wildman–Crippen MR) is 66.7 cm³/mol. The van der Waals surface area contributed by atoms with Crippen LogP contribution in [0.5, 0.6) is 0 Å². The van der Waals surface area contributed by atoms with Crippen LogP contribution in [-0.2, 0) is 0 Å². The van der Waals surface area contributed by atoms with Crippen LogP contribution in [0.1, 0.15) is 52.9 Å². The van der Waals surface area contributed by atoms with Crippen LogP contribution in [0, 0.1) is 5.41 Å². The van der Waals surface area contributed by atoms with E-state index < -0.39 is 0 Å². The predicted octanol–water partition coefficient (Wildman–Crippen LogP) is 2.07. The monoisotopic (exact) mass is 227 g/mol. The van der Waals surface area contributed by atoms with Crippen molar-refractivity contribution in [2.75, 3.05) is 0 Å². The Hall–Kier alpha value is -0.770. The summed E-state index contributed by atoms with van der Waals surface area (Å²) in [5, 5.41) is 15.2. The molecule has 0 aliphatic heterocycles. The van der Waals surface area contributed by atoms with Crippen LogP contribution in [0.4, 0.5) is 0 Å². The van der Waals surface area contributed by atoms with Crippen molar-refractivity contribution in [2.24, 2.45) is 16.3 Å². The summed E-state index contributed by atoms with van der Waals surface area (Å²) in [4.78, 5) is 0. The van der Waals surface area contributed by atoms with Crippen LogP contribution in [-0.4, -0.2) is 23.1 Å². The molecule has 4 N–H and O–H groups in total. The molecule has 0 aromatic rings. The maximum absolute atomic E-state index is 8.67. The molecule has 1 aliphatic carbocycles. The number of nitrogens with two attached hydrogens (primary N) is 1. The van der Waals surface area contributed by atoms with Crippen LogP contribution in [0.2, 0.25) is 0 Å². The zero-order valence-corrected chi connectivity index (χ0v) is 10.7. The maximum Gasteiger partial charge on any atom is 0.156 e. The first-order valence-corrected chi connectivity index (χ1v) is 6.22. The number of hydrogen-bond donors (Lipinski definition) is 3. The average molecular weight is 227 g/mol. The van der Waals surface area contributed by atoms with E-state index in [9.17, 15) is 0 Å². The van der Waals surface area contributed by atoms with E-state index in [0.29, 0.717) is 17.3 Å². The van der Waals surface area contributed by atoms with E-state index >= 15 is 0 Å². The molecule has 1 saturated carbocycles. The molecule has 1 rings (SSSR count). The molecule has 4 nitrogen and oxygen atoms in total. The highest BCUT2D eigenvalue weighted by atomic mass is 16.4. The third-order valence-corrected chi connectivity index (χ3v) is 3.66. The minimum Gasteiger partial charge on any atom is -0.409 e. The van der Waals surface area contributed by atoms with Gasteiger partial charge in [-0.15, -0.1) is 0 Å². The second-order valence-corrected chi connectivity index (χ2v) is 5.59. The lowest BCUT2D eigenvalue weighted by atomic mass is 9.75. The molecule has 0 aromatic carbocycles. The van der Waals surface area contributed by atoms with E-state index in [0.717, 1.165) is 6.42 Å². The van der Waals surface area contributed by atoms with E-state index in [1.54, 1.807) is 0 Å². The second-order valence-electron chi connectivity index (χ2n) is 5.59. The minimum atomic E-state index is 0.0104. The van der Waals surface area contributed by atoms with Crippen LogP contribution >= 0.6 is 0 Å². The molecular weight excluding hydrogens is 202 g/mol. The Morgan fingerprint density at radius 1 is 1.50 bits per heavy atom. The number of hydrogen-bond acceptors (Lipinski definition) is 3. The zero-order valence-electron chi connectivity index (χ0n) is 10.7. The van der Waals surface area contributed by atoms with E-state index in [4.69, 9.17) is 10.9 Å². The highest BCUT2D eigenvalue weighted by molar-refractivity contribution is 5.85. The van der Waals surface area contributed by atoms with Crippen molar-refractivity contribution in [3.63, 3.8) is 0 Å². The van der Waals surface area contributed by atoms with E-state index in [1.165, 1.54) is 25.7 Å². The summed E-state index contributed by atoms with van der Waals surface area (Å²) in [5.74, 6) is 0.298. The van der Waals surface area contributed by atoms with Crippen molar-refractivity contribution >= 4 is 5.84 Å². The van der Waals surface area contributed by atoms with Crippen LogP contribution in [0.25, 0.3) is 0 Å². The summed E-state index contributed by atoms with van der Waals surface area (Å²) in [6, 6.07) is 0.523. The standard InChI is InChI=1S/C12H25N3O/c1-4-10(11(13)15-16)14-9-5-7-12(2,3)8-6-9/h9-10,14,16H,4-8H2,1-3H3,(H2,13,15). The maximum atomic E-state index is 8.67. The molecule has 1 unspecified atom stereocenters. The topological polar surface area (TPSA) is 70.6 Å². The molecule has 1 atom stereocenters. The normalized spacial score (nSPS) is 24.3. The molecule has 0 aromatic heterocycles. The summed E-state index contributed by atoms with van der Waals surface area (Å²) < 4.78 is 0. The minimum absolute atomic E-state index is 0.0104. The lowest BCUT2D eigenvalue weighted by Gasteiger charge is -2.36. The van der Waals surface area contributed by atoms with Gasteiger partial charge in [0.05, 0.1) is 6.04 Å². The number of rotatable bonds is 4. The van der Waals surface area contributed by atoms with Crippen LogP contribution < -0.4 is 11.1 Å². The van der Waals surface area contributed by atoms with Gasteiger partial charge in [-0.3, -0.25) is 0 Å². The van der Waals surface area contributed by atoms with Gasteiger partial charge < -0.3 is 16.3 Å². The fourth-order valence-electron chi connectivity index (χ4n) is 2.33. The summed E-state index contributed by atoms with van der Waals surface area (Å²) >= 11 is 0. The van der Waals surface area contributed by atoms with Crippen molar-refractivity contribution < 1.29 is 5.21 Å². The van der Waals surface area contributed by atoms with E-state index in [2.05, 4.69) is 24.3 Å². The SMILES string of the molecule is CCC(NC1CCC(C)(C)CC1)C(N)=NO. The molecule has 4 heteroatoms. The molecule has 1 aliphatic rings. The van der Waals surface area contributed by atoms with Gasteiger partial charge >= 0.3 is 0 Å². The third kappa shape index (κ3) is 3.67. The van der Waals surface area contributed by atoms with E-state index in [1.807, 2.05) is 6.92 Å². The van der Waals surface area contributed by atoms with Gasteiger partial charge in [-0.05, 0) is 37.5 Å². The largest absolute Gasteiger partial charge is 0.409 e. The lowest BCUT2D eigenvalue weighted by molar-refractivity contribution is 0.202. The number of oxime groups is 1. The highest BCUT2D eigenvalue weighted by Crippen LogP contribution is 2.35. The quantitative estimate of drug-likeness (QED) is 0.298. The Morgan fingerprint density at radius 2 is 2.06 bits per heavy atom. The van der Waals surface area contributed by atoms with Gasteiger partial charge in [-0.2, -0.15) is 0 Å². The summed E-state index contributed by atoms with van der Waals surface area (Å²) in [6.45, 7) is 6.69. The van der Waals surface area contributed by atoms with Crippen LogP contribution in [0.3, 0.4) is 0 Å². The number of amidine groups is 1. The van der Waals surface area contributed by atoms with Crippen LogP contribution in [0.15, 0.2) is 5.16 Å². The molecule has 0 heterocycles. The molecule has 0 radical (unpaired) electrons. The Bertz CT molecular complexity index is 241. The first kappa shape index (κ1) is 13.3. The van der Waals surface area contributed by atoms with Crippen molar-refractivity contribution in [1.82, 2.24) is 5.32 Å². The average Bonchev–Trinajstić information content (AvgIpc) is 2.27. The Balaban J connectivity index is 2.43. The molecule has 16 heavy (non-hydrogen) atoms. The van der Waals surface area contributed by atoms with Gasteiger partial charge in [-0.25, -0.2) is 0 Å². The summed E-state index contributed by atoms with van der Waals surface area (Å²) in [7, 11) is 0. The number of nitrogens with one attached hydrogen (secondary N) is 1. The third-order valence-electron chi connectivity index (χ3n) is 3.66. The van der Waals surface area contributed by atoms with Crippen molar-refractivity contribution in [3.8, 4) is 0 Å². The summed E-state index contributed by atoms with van der Waals surface area (Å²) in [5.41, 5.74) is 6.12. The van der Waals surface area contributed by atoms with Gasteiger partial charge in [0, 0.05) is 6.04 Å². The smallest absolute Gasteiger partial charge is 0.156 e. The fourth-order valence-corrected chi connectivity index (χ4v) is 2.33. The molecule has 0 bridgehead atoms.